The predicted octanol–water partition coefficient (Wildman–Crippen LogP) is 2.99. The molecule has 2 amide bonds. The van der Waals surface area contributed by atoms with Crippen molar-refractivity contribution in [1.82, 2.24) is 14.7 Å². The van der Waals surface area contributed by atoms with E-state index in [4.69, 9.17) is 11.6 Å². The molecule has 0 aromatic heterocycles. The molecule has 2 saturated heterocycles. The Morgan fingerprint density at radius 1 is 0.929 bits per heavy atom. The number of hydrogen-bond acceptors (Lipinski definition) is 3. The van der Waals surface area contributed by atoms with Crippen molar-refractivity contribution >= 4 is 23.4 Å². The van der Waals surface area contributed by atoms with Crippen molar-refractivity contribution in [1.29, 1.82) is 0 Å². The van der Waals surface area contributed by atoms with E-state index < -0.39 is 0 Å². The molecule has 1 aromatic carbocycles. The molecule has 5 nitrogen and oxygen atoms in total. The van der Waals surface area contributed by atoms with E-state index in [1.807, 2.05) is 28.0 Å². The van der Waals surface area contributed by atoms with Gasteiger partial charge in [0, 0.05) is 50.2 Å². The van der Waals surface area contributed by atoms with Gasteiger partial charge in [0.25, 0.3) is 0 Å². The molecular formula is C22H30ClN3O2. The molecule has 2 atom stereocenters. The summed E-state index contributed by atoms with van der Waals surface area (Å²) in [6.07, 6.45) is 5.66. The molecule has 0 unspecified atom stereocenters. The van der Waals surface area contributed by atoms with Gasteiger partial charge in [0.1, 0.15) is 0 Å². The highest BCUT2D eigenvalue weighted by Crippen LogP contribution is 2.48. The highest BCUT2D eigenvalue weighted by atomic mass is 35.5. The number of hydrogen-bond donors (Lipinski definition) is 0. The minimum absolute atomic E-state index is 0.101. The maximum Gasteiger partial charge on any atom is 0.236 e. The first-order valence-electron chi connectivity index (χ1n) is 10.7. The minimum atomic E-state index is 0.101. The second-order valence-corrected chi connectivity index (χ2v) is 8.84. The van der Waals surface area contributed by atoms with Crippen LogP contribution in [0, 0.1) is 5.92 Å². The van der Waals surface area contributed by atoms with E-state index in [1.165, 1.54) is 18.4 Å². The van der Waals surface area contributed by atoms with Gasteiger partial charge in [-0.15, -0.1) is 0 Å². The van der Waals surface area contributed by atoms with Gasteiger partial charge < -0.3 is 9.80 Å². The molecule has 1 saturated carbocycles. The molecule has 1 aromatic rings. The smallest absolute Gasteiger partial charge is 0.236 e. The number of piperazine rings is 1. The zero-order valence-corrected chi connectivity index (χ0v) is 17.2. The van der Waals surface area contributed by atoms with Crippen LogP contribution in [-0.4, -0.2) is 72.3 Å². The summed E-state index contributed by atoms with van der Waals surface area (Å²) in [5, 5.41) is 0.735. The molecule has 0 bridgehead atoms. The topological polar surface area (TPSA) is 43.9 Å². The summed E-state index contributed by atoms with van der Waals surface area (Å²) in [6, 6.07) is 7.87. The molecule has 6 heteroatoms. The Bertz CT molecular complexity index is 709. The Morgan fingerprint density at radius 3 is 2.32 bits per heavy atom. The van der Waals surface area contributed by atoms with Crippen molar-refractivity contribution in [2.24, 2.45) is 5.92 Å². The molecule has 1 aliphatic carbocycles. The van der Waals surface area contributed by atoms with E-state index in [2.05, 4.69) is 11.0 Å². The van der Waals surface area contributed by atoms with E-state index in [9.17, 15) is 9.59 Å². The lowest BCUT2D eigenvalue weighted by atomic mass is 10.1. The van der Waals surface area contributed by atoms with E-state index in [-0.39, 0.29) is 17.7 Å². The van der Waals surface area contributed by atoms with Crippen LogP contribution in [0.1, 0.15) is 43.6 Å². The number of carbonyl (C=O) groups excluding carboxylic acids is 2. The van der Waals surface area contributed by atoms with E-state index in [1.54, 1.807) is 0 Å². The highest BCUT2D eigenvalue weighted by molar-refractivity contribution is 6.30. The van der Waals surface area contributed by atoms with Crippen LogP contribution in [0.5, 0.6) is 0 Å². The zero-order valence-electron chi connectivity index (χ0n) is 16.5. The summed E-state index contributed by atoms with van der Waals surface area (Å²) in [7, 11) is 0. The van der Waals surface area contributed by atoms with Crippen LogP contribution >= 0.6 is 11.6 Å². The fraction of sp³-hybridized carbons (Fsp3) is 0.636. The van der Waals surface area contributed by atoms with Gasteiger partial charge in [0.05, 0.1) is 6.54 Å². The summed E-state index contributed by atoms with van der Waals surface area (Å²) >= 11 is 6.08. The third kappa shape index (κ3) is 4.69. The molecule has 0 N–H and O–H groups in total. The summed E-state index contributed by atoms with van der Waals surface area (Å²) in [6.45, 7) is 5.35. The van der Waals surface area contributed by atoms with Gasteiger partial charge >= 0.3 is 0 Å². The molecule has 152 valence electrons. The fourth-order valence-corrected chi connectivity index (χ4v) is 4.74. The van der Waals surface area contributed by atoms with Crippen LogP contribution in [-0.2, 0) is 9.59 Å². The first kappa shape index (κ1) is 19.7. The Balaban J connectivity index is 1.23. The zero-order chi connectivity index (χ0) is 19.5. The van der Waals surface area contributed by atoms with Crippen LogP contribution in [0.25, 0.3) is 0 Å². The fourth-order valence-electron chi connectivity index (χ4n) is 4.55. The van der Waals surface area contributed by atoms with E-state index >= 15 is 0 Å². The number of likely N-dealkylation sites (tertiary alicyclic amines) is 1. The molecule has 2 heterocycles. The number of amides is 2. The summed E-state index contributed by atoms with van der Waals surface area (Å²) in [5.74, 6) is 0.936. The monoisotopic (exact) mass is 403 g/mol. The maximum absolute atomic E-state index is 12.8. The summed E-state index contributed by atoms with van der Waals surface area (Å²) in [5.41, 5.74) is 1.17. The lowest BCUT2D eigenvalue weighted by molar-refractivity contribution is -0.136. The molecule has 4 rings (SSSR count). The van der Waals surface area contributed by atoms with Crippen molar-refractivity contribution in [3.8, 4) is 0 Å². The molecule has 2 aliphatic heterocycles. The largest absolute Gasteiger partial charge is 0.342 e. The highest BCUT2D eigenvalue weighted by Gasteiger charge is 2.46. The van der Waals surface area contributed by atoms with Gasteiger partial charge in [-0.3, -0.25) is 14.5 Å². The van der Waals surface area contributed by atoms with Gasteiger partial charge in [-0.05, 0) is 42.9 Å². The lowest BCUT2D eigenvalue weighted by Gasteiger charge is -2.35. The Morgan fingerprint density at radius 2 is 1.64 bits per heavy atom. The number of rotatable bonds is 4. The van der Waals surface area contributed by atoms with Crippen molar-refractivity contribution in [2.45, 2.75) is 38.0 Å². The first-order valence-corrected chi connectivity index (χ1v) is 11.0. The maximum atomic E-state index is 12.8. The van der Waals surface area contributed by atoms with Gasteiger partial charge in [-0.25, -0.2) is 0 Å². The quantitative estimate of drug-likeness (QED) is 0.776. The number of benzene rings is 1. The van der Waals surface area contributed by atoms with E-state index in [0.717, 1.165) is 63.6 Å². The Hall–Kier alpha value is -1.59. The van der Waals surface area contributed by atoms with Gasteiger partial charge in [0.15, 0.2) is 0 Å². The Kier molecular flexibility index (Phi) is 6.22. The van der Waals surface area contributed by atoms with Crippen LogP contribution < -0.4 is 0 Å². The van der Waals surface area contributed by atoms with Crippen LogP contribution in [0.3, 0.4) is 0 Å². The van der Waals surface area contributed by atoms with Crippen molar-refractivity contribution in [3.63, 3.8) is 0 Å². The van der Waals surface area contributed by atoms with Crippen molar-refractivity contribution in [2.75, 3.05) is 45.8 Å². The van der Waals surface area contributed by atoms with Gasteiger partial charge in [-0.2, -0.15) is 0 Å². The standard InChI is InChI=1S/C22H30ClN3O2/c23-18-7-5-6-17(14-18)19-15-20(19)22(28)26-12-10-24(11-13-26)16-21(27)25-8-3-1-2-4-9-25/h5-7,14,19-20H,1-4,8-13,15-16H2/t19-,20+/m0/s1. The molecule has 3 fully saturated rings. The molecule has 0 radical (unpaired) electrons. The van der Waals surface area contributed by atoms with E-state index in [0.29, 0.717) is 12.5 Å². The second kappa shape index (κ2) is 8.83. The van der Waals surface area contributed by atoms with Crippen molar-refractivity contribution in [3.05, 3.63) is 34.9 Å². The molecule has 3 aliphatic rings. The third-order valence-electron chi connectivity index (χ3n) is 6.39. The molecular weight excluding hydrogens is 374 g/mol. The average Bonchev–Trinajstić information content (AvgIpc) is 3.52. The van der Waals surface area contributed by atoms with Crippen LogP contribution in [0.15, 0.2) is 24.3 Å². The average molecular weight is 404 g/mol. The SMILES string of the molecule is O=C(CN1CCN(C(=O)[C@@H]2C[C@H]2c2cccc(Cl)c2)CC1)N1CCCCCC1. The second-order valence-electron chi connectivity index (χ2n) is 8.40. The number of nitrogens with zero attached hydrogens (tertiary/aromatic N) is 3. The summed E-state index contributed by atoms with van der Waals surface area (Å²) in [4.78, 5) is 31.6. The van der Waals surface area contributed by atoms with Gasteiger partial charge in [-0.1, -0.05) is 36.6 Å². The molecule has 0 spiro atoms. The normalized spacial score (nSPS) is 26.0. The Labute approximate surface area is 172 Å². The minimum Gasteiger partial charge on any atom is -0.342 e. The number of carbonyl (C=O) groups is 2. The lowest BCUT2D eigenvalue weighted by Crippen LogP contribution is -2.52. The van der Waals surface area contributed by atoms with Crippen LogP contribution in [0.2, 0.25) is 5.02 Å². The molecule has 28 heavy (non-hydrogen) atoms. The number of halogens is 1. The summed E-state index contributed by atoms with van der Waals surface area (Å²) < 4.78 is 0. The van der Waals surface area contributed by atoms with Crippen LogP contribution in [0.4, 0.5) is 0 Å². The predicted molar refractivity (Wildman–Crippen MR) is 110 cm³/mol. The third-order valence-corrected chi connectivity index (χ3v) is 6.62. The van der Waals surface area contributed by atoms with Crippen molar-refractivity contribution < 1.29 is 9.59 Å². The van der Waals surface area contributed by atoms with Gasteiger partial charge in [0.2, 0.25) is 11.8 Å². The first-order chi connectivity index (χ1) is 13.6.